The Labute approximate surface area is 123 Å². The van der Waals surface area contributed by atoms with E-state index in [2.05, 4.69) is 64.9 Å². The van der Waals surface area contributed by atoms with Crippen LogP contribution >= 0.6 is 15.9 Å². The summed E-state index contributed by atoms with van der Waals surface area (Å²) in [7, 11) is 2.16. The molecule has 0 unspecified atom stereocenters. The monoisotopic (exact) mass is 320 g/mol. The van der Waals surface area contributed by atoms with E-state index in [0.29, 0.717) is 5.92 Å². The molecule has 1 saturated carbocycles. The van der Waals surface area contributed by atoms with E-state index in [1.807, 2.05) is 0 Å². The van der Waals surface area contributed by atoms with E-state index >= 15 is 0 Å². The average molecular weight is 321 g/mol. The number of nitrogens with zero attached hydrogens (tertiary/aromatic N) is 1. The van der Waals surface area contributed by atoms with Gasteiger partial charge in [-0.05, 0) is 52.4 Å². The lowest BCUT2D eigenvalue weighted by Gasteiger charge is -2.06. The Morgan fingerprint density at radius 1 is 1.37 bits per heavy atom. The van der Waals surface area contributed by atoms with Crippen LogP contribution in [-0.4, -0.2) is 10.6 Å². The second-order valence-corrected chi connectivity index (χ2v) is 6.70. The zero-order valence-electron chi connectivity index (χ0n) is 11.8. The van der Waals surface area contributed by atoms with Gasteiger partial charge in [-0.15, -0.1) is 0 Å². The first-order valence-electron chi connectivity index (χ1n) is 7.08. The summed E-state index contributed by atoms with van der Waals surface area (Å²) in [5, 5.41) is 4.94. The molecule has 0 radical (unpaired) electrons. The zero-order chi connectivity index (χ0) is 13.6. The number of nitrogens with one attached hydrogen (secondary N) is 1. The van der Waals surface area contributed by atoms with Gasteiger partial charge in [-0.1, -0.05) is 19.9 Å². The molecule has 1 fully saturated rings. The molecule has 0 spiro atoms. The minimum Gasteiger partial charge on any atom is -0.345 e. The molecule has 1 aliphatic rings. The molecule has 1 N–H and O–H groups in total. The lowest BCUT2D eigenvalue weighted by Crippen LogP contribution is -2.17. The lowest BCUT2D eigenvalue weighted by atomic mass is 10.0. The van der Waals surface area contributed by atoms with Crippen molar-refractivity contribution in [2.75, 3.05) is 0 Å². The van der Waals surface area contributed by atoms with E-state index in [9.17, 15) is 0 Å². The van der Waals surface area contributed by atoms with Gasteiger partial charge in [-0.25, -0.2) is 0 Å². The van der Waals surface area contributed by atoms with Crippen molar-refractivity contribution >= 4 is 26.8 Å². The van der Waals surface area contributed by atoms with E-state index in [4.69, 9.17) is 0 Å². The number of aromatic nitrogens is 1. The molecule has 0 atom stereocenters. The predicted octanol–water partition coefficient (Wildman–Crippen LogP) is 4.32. The first-order chi connectivity index (χ1) is 9.08. The summed E-state index contributed by atoms with van der Waals surface area (Å²) in [6.45, 7) is 5.44. The third-order valence-electron chi connectivity index (χ3n) is 4.08. The Bertz CT molecular complexity index is 609. The van der Waals surface area contributed by atoms with Crippen molar-refractivity contribution in [2.45, 2.75) is 45.2 Å². The summed E-state index contributed by atoms with van der Waals surface area (Å²) in [5.41, 5.74) is 4.06. The first kappa shape index (κ1) is 13.2. The van der Waals surface area contributed by atoms with Crippen LogP contribution in [0.25, 0.3) is 10.9 Å². The first-order valence-corrected chi connectivity index (χ1v) is 7.87. The Kier molecular flexibility index (Phi) is 3.44. The van der Waals surface area contributed by atoms with E-state index in [1.165, 1.54) is 39.5 Å². The third-order valence-corrected chi connectivity index (χ3v) is 4.96. The SMILES string of the molecule is CC(C)c1ccc2c(c1)c(Br)c(CNC1CC1)n2C. The number of hydrogen-bond donors (Lipinski definition) is 1. The second-order valence-electron chi connectivity index (χ2n) is 5.91. The molecule has 102 valence electrons. The third kappa shape index (κ3) is 2.46. The van der Waals surface area contributed by atoms with Crippen molar-refractivity contribution in [1.82, 2.24) is 9.88 Å². The molecule has 1 aliphatic carbocycles. The number of halogens is 1. The Morgan fingerprint density at radius 2 is 2.11 bits per heavy atom. The highest BCUT2D eigenvalue weighted by Gasteiger charge is 2.22. The molecule has 3 rings (SSSR count). The fourth-order valence-electron chi connectivity index (χ4n) is 2.55. The molecule has 1 aromatic heterocycles. The predicted molar refractivity (Wildman–Crippen MR) is 84.6 cm³/mol. The van der Waals surface area contributed by atoms with Crippen LogP contribution in [0, 0.1) is 0 Å². The molecular weight excluding hydrogens is 300 g/mol. The van der Waals surface area contributed by atoms with Crippen LogP contribution in [0.2, 0.25) is 0 Å². The molecule has 2 nitrogen and oxygen atoms in total. The normalized spacial score (nSPS) is 15.6. The molecular formula is C16H21BrN2. The van der Waals surface area contributed by atoms with Crippen LogP contribution in [0.1, 0.15) is 43.9 Å². The van der Waals surface area contributed by atoms with Crippen molar-refractivity contribution in [3.8, 4) is 0 Å². The van der Waals surface area contributed by atoms with Gasteiger partial charge in [0.25, 0.3) is 0 Å². The fraction of sp³-hybridized carbons (Fsp3) is 0.500. The van der Waals surface area contributed by atoms with Gasteiger partial charge < -0.3 is 9.88 Å². The summed E-state index contributed by atoms with van der Waals surface area (Å²) < 4.78 is 3.56. The van der Waals surface area contributed by atoms with E-state index < -0.39 is 0 Å². The van der Waals surface area contributed by atoms with Crippen molar-refractivity contribution in [3.63, 3.8) is 0 Å². The van der Waals surface area contributed by atoms with Gasteiger partial charge in [0.2, 0.25) is 0 Å². The van der Waals surface area contributed by atoms with E-state index in [0.717, 1.165) is 12.6 Å². The van der Waals surface area contributed by atoms with Gasteiger partial charge in [0.15, 0.2) is 0 Å². The topological polar surface area (TPSA) is 17.0 Å². The highest BCUT2D eigenvalue weighted by molar-refractivity contribution is 9.10. The maximum Gasteiger partial charge on any atom is 0.0492 e. The molecule has 1 aromatic carbocycles. The van der Waals surface area contributed by atoms with Crippen LogP contribution in [-0.2, 0) is 13.6 Å². The molecule has 0 amide bonds. The molecule has 0 saturated heterocycles. The second kappa shape index (κ2) is 4.95. The molecule has 0 aliphatic heterocycles. The molecule has 19 heavy (non-hydrogen) atoms. The molecule has 2 aromatic rings. The fourth-order valence-corrected chi connectivity index (χ4v) is 3.28. The van der Waals surface area contributed by atoms with Gasteiger partial charge in [0, 0.05) is 40.7 Å². The summed E-state index contributed by atoms with van der Waals surface area (Å²) in [6.07, 6.45) is 2.66. The molecule has 3 heteroatoms. The van der Waals surface area contributed by atoms with Crippen LogP contribution in [0.3, 0.4) is 0 Å². The van der Waals surface area contributed by atoms with Crippen LogP contribution < -0.4 is 5.32 Å². The minimum absolute atomic E-state index is 0.574. The number of rotatable bonds is 4. The Hall–Kier alpha value is -0.800. The summed E-state index contributed by atoms with van der Waals surface area (Å²) >= 11 is 3.80. The van der Waals surface area contributed by atoms with Crippen LogP contribution in [0.4, 0.5) is 0 Å². The van der Waals surface area contributed by atoms with Crippen LogP contribution in [0.15, 0.2) is 22.7 Å². The van der Waals surface area contributed by atoms with Gasteiger partial charge >= 0.3 is 0 Å². The highest BCUT2D eigenvalue weighted by atomic mass is 79.9. The van der Waals surface area contributed by atoms with Gasteiger partial charge in [-0.2, -0.15) is 0 Å². The smallest absolute Gasteiger partial charge is 0.0492 e. The van der Waals surface area contributed by atoms with Crippen molar-refractivity contribution in [3.05, 3.63) is 33.9 Å². The number of benzene rings is 1. The lowest BCUT2D eigenvalue weighted by molar-refractivity contribution is 0.653. The van der Waals surface area contributed by atoms with E-state index in [1.54, 1.807) is 0 Å². The number of aryl methyl sites for hydroxylation is 1. The summed E-state index contributed by atoms with van der Waals surface area (Å²) in [4.78, 5) is 0. The average Bonchev–Trinajstić information content (AvgIpc) is 3.18. The van der Waals surface area contributed by atoms with Gasteiger partial charge in [0.05, 0.1) is 0 Å². The van der Waals surface area contributed by atoms with Crippen molar-refractivity contribution in [1.29, 1.82) is 0 Å². The van der Waals surface area contributed by atoms with Crippen LogP contribution in [0.5, 0.6) is 0 Å². The quantitative estimate of drug-likeness (QED) is 0.887. The number of hydrogen-bond acceptors (Lipinski definition) is 1. The van der Waals surface area contributed by atoms with Crippen molar-refractivity contribution in [2.24, 2.45) is 7.05 Å². The number of fused-ring (bicyclic) bond motifs is 1. The maximum atomic E-state index is 3.80. The summed E-state index contributed by atoms with van der Waals surface area (Å²) in [6, 6.07) is 7.56. The zero-order valence-corrected chi connectivity index (χ0v) is 13.4. The standard InChI is InChI=1S/C16H21BrN2/c1-10(2)11-4-7-14-13(8-11)16(17)15(19(14)3)9-18-12-5-6-12/h4,7-8,10,12,18H,5-6,9H2,1-3H3. The molecule has 0 bridgehead atoms. The Morgan fingerprint density at radius 3 is 2.74 bits per heavy atom. The molecule has 1 heterocycles. The summed E-state index contributed by atoms with van der Waals surface area (Å²) in [5.74, 6) is 0.574. The highest BCUT2D eigenvalue weighted by Crippen LogP contribution is 2.33. The van der Waals surface area contributed by atoms with Crippen molar-refractivity contribution < 1.29 is 0 Å². The largest absolute Gasteiger partial charge is 0.345 e. The Balaban J connectivity index is 2.02. The van der Waals surface area contributed by atoms with E-state index in [-0.39, 0.29) is 0 Å². The minimum atomic E-state index is 0.574. The maximum absolute atomic E-state index is 3.80. The van der Waals surface area contributed by atoms with Gasteiger partial charge in [-0.3, -0.25) is 0 Å². The van der Waals surface area contributed by atoms with Gasteiger partial charge in [0.1, 0.15) is 0 Å².